The van der Waals surface area contributed by atoms with E-state index >= 15 is 0 Å². The molecule has 0 N–H and O–H groups in total. The first-order chi connectivity index (χ1) is 6.86. The summed E-state index contributed by atoms with van der Waals surface area (Å²) >= 11 is 0. The molecule has 0 spiro atoms. The van der Waals surface area contributed by atoms with Crippen molar-refractivity contribution in [2.75, 3.05) is 0 Å². The predicted octanol–water partition coefficient (Wildman–Crippen LogP) is 2.45. The van der Waals surface area contributed by atoms with Crippen LogP contribution in [0.25, 0.3) is 0 Å². The molecule has 0 bridgehead atoms. The zero-order valence-electron chi connectivity index (χ0n) is 7.90. The zero-order valence-corrected chi connectivity index (χ0v) is 7.90. The van der Waals surface area contributed by atoms with Gasteiger partial charge in [-0.2, -0.15) is 0 Å². The summed E-state index contributed by atoms with van der Waals surface area (Å²) < 4.78 is 5.41. The summed E-state index contributed by atoms with van der Waals surface area (Å²) in [6, 6.07) is 9.86. The van der Waals surface area contributed by atoms with Gasteiger partial charge in [-0.25, -0.2) is 0 Å². The number of ketones is 1. The van der Waals surface area contributed by atoms with Gasteiger partial charge in [-0.15, -0.1) is 0 Å². The third kappa shape index (κ3) is 2.02. The van der Waals surface area contributed by atoms with Crippen molar-refractivity contribution in [2.24, 2.45) is 0 Å². The maximum absolute atomic E-state index is 11.2. The lowest BCUT2D eigenvalue weighted by molar-refractivity contribution is -0.118. The van der Waals surface area contributed by atoms with Crippen molar-refractivity contribution < 1.29 is 9.53 Å². The highest BCUT2D eigenvalue weighted by Gasteiger charge is 2.15. The maximum Gasteiger partial charge on any atom is 0.197 e. The minimum atomic E-state index is 0.126. The highest BCUT2D eigenvalue weighted by atomic mass is 16.5. The summed E-state index contributed by atoms with van der Waals surface area (Å²) in [4.78, 5) is 11.2. The highest BCUT2D eigenvalue weighted by Crippen LogP contribution is 2.16. The number of rotatable bonds is 3. The molecule has 1 aromatic rings. The molecule has 0 amide bonds. The Kier molecular flexibility index (Phi) is 2.63. The van der Waals surface area contributed by atoms with Gasteiger partial charge in [0.1, 0.15) is 6.61 Å². The first-order valence-electron chi connectivity index (χ1n) is 4.76. The van der Waals surface area contributed by atoms with Gasteiger partial charge in [0.2, 0.25) is 0 Å². The number of allylic oxidation sites excluding steroid dienone is 2. The molecule has 1 aliphatic carbocycles. The average molecular weight is 188 g/mol. The van der Waals surface area contributed by atoms with E-state index in [1.165, 1.54) is 0 Å². The molecule has 2 heteroatoms. The third-order valence-electron chi connectivity index (χ3n) is 2.21. The van der Waals surface area contributed by atoms with Gasteiger partial charge in [-0.1, -0.05) is 30.3 Å². The molecule has 0 radical (unpaired) electrons. The van der Waals surface area contributed by atoms with Crippen LogP contribution < -0.4 is 0 Å². The number of benzene rings is 1. The largest absolute Gasteiger partial charge is 0.486 e. The van der Waals surface area contributed by atoms with Gasteiger partial charge in [0.25, 0.3) is 0 Å². The third-order valence-corrected chi connectivity index (χ3v) is 2.21. The molecule has 0 saturated carbocycles. The molecule has 0 atom stereocenters. The molecule has 2 rings (SSSR count). The lowest BCUT2D eigenvalue weighted by Crippen LogP contribution is -2.00. The van der Waals surface area contributed by atoms with Crippen molar-refractivity contribution in [3.05, 3.63) is 47.7 Å². The molecule has 2 nitrogen and oxygen atoms in total. The molecular weight excluding hydrogens is 176 g/mol. The number of hydrogen-bond acceptors (Lipinski definition) is 2. The first-order valence-corrected chi connectivity index (χ1v) is 4.76. The highest BCUT2D eigenvalue weighted by molar-refractivity contribution is 5.95. The molecule has 0 saturated heterocycles. The average Bonchev–Trinajstić information content (AvgIpc) is 2.63. The van der Waals surface area contributed by atoms with Crippen LogP contribution in [0.4, 0.5) is 0 Å². The Balaban J connectivity index is 1.92. The molecule has 0 heterocycles. The van der Waals surface area contributed by atoms with E-state index in [1.54, 1.807) is 0 Å². The van der Waals surface area contributed by atoms with Gasteiger partial charge < -0.3 is 4.74 Å². The van der Waals surface area contributed by atoms with E-state index in [0.29, 0.717) is 18.8 Å². The summed E-state index contributed by atoms with van der Waals surface area (Å²) in [7, 11) is 0. The van der Waals surface area contributed by atoms with E-state index in [1.807, 2.05) is 36.4 Å². The number of carbonyl (C=O) groups is 1. The fourth-order valence-electron chi connectivity index (χ4n) is 1.45. The summed E-state index contributed by atoms with van der Waals surface area (Å²) in [6.45, 7) is 0.485. The lowest BCUT2D eigenvalue weighted by Gasteiger charge is -2.05. The van der Waals surface area contributed by atoms with Crippen LogP contribution in [0, 0.1) is 0 Å². The van der Waals surface area contributed by atoms with E-state index in [0.717, 1.165) is 12.0 Å². The second-order valence-electron chi connectivity index (χ2n) is 3.30. The SMILES string of the molecule is O=C1CCC=C1OCc1ccccc1. The Bertz CT molecular complexity index is 352. The van der Waals surface area contributed by atoms with Crippen LogP contribution in [-0.4, -0.2) is 5.78 Å². The van der Waals surface area contributed by atoms with Crippen LogP contribution in [0.2, 0.25) is 0 Å². The second-order valence-corrected chi connectivity index (χ2v) is 3.30. The molecule has 0 fully saturated rings. The van der Waals surface area contributed by atoms with Crippen molar-refractivity contribution in [3.8, 4) is 0 Å². The van der Waals surface area contributed by atoms with E-state index in [9.17, 15) is 4.79 Å². The standard InChI is InChI=1S/C12H12O2/c13-11-7-4-8-12(11)14-9-10-5-2-1-3-6-10/h1-3,5-6,8H,4,7,9H2. The molecule has 14 heavy (non-hydrogen) atoms. The Labute approximate surface area is 83.2 Å². The number of hydrogen-bond donors (Lipinski definition) is 0. The van der Waals surface area contributed by atoms with Crippen molar-refractivity contribution in [3.63, 3.8) is 0 Å². The maximum atomic E-state index is 11.2. The Morgan fingerprint density at radius 2 is 2.00 bits per heavy atom. The summed E-state index contributed by atoms with van der Waals surface area (Å²) in [5.41, 5.74) is 1.09. The van der Waals surface area contributed by atoms with Gasteiger partial charge >= 0.3 is 0 Å². The van der Waals surface area contributed by atoms with E-state index < -0.39 is 0 Å². The minimum absolute atomic E-state index is 0.126. The fraction of sp³-hybridized carbons (Fsp3) is 0.250. The van der Waals surface area contributed by atoms with Crippen LogP contribution in [-0.2, 0) is 16.1 Å². The van der Waals surface area contributed by atoms with Crippen molar-refractivity contribution in [1.29, 1.82) is 0 Å². The first kappa shape index (κ1) is 9.00. The molecule has 0 aliphatic heterocycles. The monoisotopic (exact) mass is 188 g/mol. The summed E-state index contributed by atoms with van der Waals surface area (Å²) in [5.74, 6) is 0.662. The number of ether oxygens (including phenoxy) is 1. The van der Waals surface area contributed by atoms with Crippen LogP contribution in [0.1, 0.15) is 18.4 Å². The Morgan fingerprint density at radius 1 is 1.21 bits per heavy atom. The topological polar surface area (TPSA) is 26.3 Å². The number of Topliss-reactive ketones (excluding diaryl/α,β-unsaturated/α-hetero) is 1. The van der Waals surface area contributed by atoms with Gasteiger partial charge in [0, 0.05) is 6.42 Å². The molecule has 0 unspecified atom stereocenters. The van der Waals surface area contributed by atoms with Crippen molar-refractivity contribution >= 4 is 5.78 Å². The van der Waals surface area contributed by atoms with E-state index in [-0.39, 0.29) is 5.78 Å². The van der Waals surface area contributed by atoms with E-state index in [4.69, 9.17) is 4.74 Å². The summed E-state index contributed by atoms with van der Waals surface area (Å²) in [5, 5.41) is 0. The van der Waals surface area contributed by atoms with Gasteiger partial charge in [0.15, 0.2) is 11.5 Å². The Hall–Kier alpha value is -1.57. The Morgan fingerprint density at radius 3 is 2.64 bits per heavy atom. The second kappa shape index (κ2) is 4.09. The normalized spacial score (nSPS) is 15.4. The fourth-order valence-corrected chi connectivity index (χ4v) is 1.45. The van der Waals surface area contributed by atoms with Crippen LogP contribution >= 0.6 is 0 Å². The van der Waals surface area contributed by atoms with Crippen molar-refractivity contribution in [2.45, 2.75) is 19.4 Å². The van der Waals surface area contributed by atoms with E-state index in [2.05, 4.69) is 0 Å². The van der Waals surface area contributed by atoms with Crippen LogP contribution in [0.3, 0.4) is 0 Å². The van der Waals surface area contributed by atoms with Crippen molar-refractivity contribution in [1.82, 2.24) is 0 Å². The molecular formula is C12H12O2. The van der Waals surface area contributed by atoms with Crippen LogP contribution in [0.5, 0.6) is 0 Å². The van der Waals surface area contributed by atoms with Gasteiger partial charge in [-0.05, 0) is 18.1 Å². The van der Waals surface area contributed by atoms with Crippen LogP contribution in [0.15, 0.2) is 42.2 Å². The zero-order chi connectivity index (χ0) is 9.80. The smallest absolute Gasteiger partial charge is 0.197 e. The van der Waals surface area contributed by atoms with Gasteiger partial charge in [-0.3, -0.25) is 4.79 Å². The summed E-state index contributed by atoms with van der Waals surface area (Å²) in [6.07, 6.45) is 3.29. The lowest BCUT2D eigenvalue weighted by atomic mass is 10.2. The molecule has 0 aromatic heterocycles. The predicted molar refractivity (Wildman–Crippen MR) is 53.6 cm³/mol. The van der Waals surface area contributed by atoms with Gasteiger partial charge in [0.05, 0.1) is 0 Å². The quantitative estimate of drug-likeness (QED) is 0.728. The molecule has 72 valence electrons. The number of carbonyl (C=O) groups excluding carboxylic acids is 1. The molecule has 1 aliphatic rings. The molecule has 1 aromatic carbocycles. The minimum Gasteiger partial charge on any atom is -0.486 e.